The molecule has 1 aliphatic rings. The fraction of sp³-hybridized carbons (Fsp3) is 0.733. The molecule has 1 aliphatic carbocycles. The molecule has 2 unspecified atom stereocenters. The lowest BCUT2D eigenvalue weighted by atomic mass is 9.96. The Kier molecular flexibility index (Phi) is 5.60. The highest BCUT2D eigenvalue weighted by molar-refractivity contribution is 5.75. The van der Waals surface area contributed by atoms with Crippen molar-refractivity contribution in [3.8, 4) is 0 Å². The van der Waals surface area contributed by atoms with E-state index < -0.39 is 5.97 Å². The Morgan fingerprint density at radius 3 is 2.55 bits per heavy atom. The van der Waals surface area contributed by atoms with Crippen molar-refractivity contribution >= 4 is 12.0 Å². The normalized spacial score (nSPS) is 22.4. The molecular formula is C15H26N2O3. The monoisotopic (exact) mass is 282 g/mol. The first-order valence-corrected chi connectivity index (χ1v) is 7.16. The van der Waals surface area contributed by atoms with Gasteiger partial charge in [0.2, 0.25) is 0 Å². The minimum absolute atomic E-state index is 0.0435. The quantitative estimate of drug-likeness (QED) is 0.761. The average Bonchev–Trinajstić information content (AvgIpc) is 2.80. The van der Waals surface area contributed by atoms with Crippen LogP contribution < -0.4 is 5.32 Å². The van der Waals surface area contributed by atoms with Gasteiger partial charge in [-0.25, -0.2) is 4.79 Å². The van der Waals surface area contributed by atoms with Crippen LogP contribution in [0.25, 0.3) is 0 Å². The fourth-order valence-electron chi connectivity index (χ4n) is 2.71. The maximum absolute atomic E-state index is 12.2. The van der Waals surface area contributed by atoms with Gasteiger partial charge in [0.25, 0.3) is 0 Å². The van der Waals surface area contributed by atoms with Crippen molar-refractivity contribution in [3.05, 3.63) is 12.7 Å². The zero-order valence-corrected chi connectivity index (χ0v) is 12.7. The molecule has 5 nitrogen and oxygen atoms in total. The number of hydrogen-bond acceptors (Lipinski definition) is 2. The van der Waals surface area contributed by atoms with Crippen molar-refractivity contribution in [1.29, 1.82) is 0 Å². The zero-order chi connectivity index (χ0) is 15.3. The third-order valence-electron chi connectivity index (χ3n) is 3.86. The van der Waals surface area contributed by atoms with Gasteiger partial charge < -0.3 is 15.3 Å². The first-order valence-electron chi connectivity index (χ1n) is 7.16. The lowest BCUT2D eigenvalue weighted by Gasteiger charge is -2.35. The molecule has 20 heavy (non-hydrogen) atoms. The van der Waals surface area contributed by atoms with Crippen LogP contribution in [0.2, 0.25) is 0 Å². The number of carbonyl (C=O) groups is 2. The fourth-order valence-corrected chi connectivity index (χ4v) is 2.71. The van der Waals surface area contributed by atoms with Crippen molar-refractivity contribution in [1.82, 2.24) is 10.2 Å². The molecule has 2 amide bonds. The molecule has 0 aromatic rings. The number of hydrogen-bond donors (Lipinski definition) is 2. The van der Waals surface area contributed by atoms with E-state index in [0.717, 1.165) is 12.8 Å². The summed E-state index contributed by atoms with van der Waals surface area (Å²) in [6, 6.07) is -0.159. The minimum atomic E-state index is -0.750. The highest BCUT2D eigenvalue weighted by Gasteiger charge is 2.33. The molecule has 0 bridgehead atoms. The largest absolute Gasteiger partial charge is 0.481 e. The number of carbonyl (C=O) groups excluding carboxylic acids is 1. The van der Waals surface area contributed by atoms with Crippen molar-refractivity contribution in [2.45, 2.75) is 45.6 Å². The molecule has 1 rings (SSSR count). The number of amides is 2. The van der Waals surface area contributed by atoms with Crippen molar-refractivity contribution in [3.63, 3.8) is 0 Å². The number of nitrogens with zero attached hydrogens (tertiary/aromatic N) is 1. The van der Waals surface area contributed by atoms with Gasteiger partial charge in [-0.2, -0.15) is 0 Å². The van der Waals surface area contributed by atoms with Crippen LogP contribution in [0.4, 0.5) is 4.79 Å². The maximum Gasteiger partial charge on any atom is 0.318 e. The van der Waals surface area contributed by atoms with E-state index in [1.54, 1.807) is 11.0 Å². The lowest BCUT2D eigenvalue weighted by molar-refractivity contribution is -0.142. The molecule has 0 radical (unpaired) electrons. The van der Waals surface area contributed by atoms with Crippen LogP contribution in [0, 0.1) is 11.8 Å². The number of rotatable bonds is 5. The van der Waals surface area contributed by atoms with Crippen LogP contribution >= 0.6 is 0 Å². The number of carboxylic acid groups (broad SMARTS) is 1. The molecule has 1 fully saturated rings. The molecule has 0 aromatic carbocycles. The first kappa shape index (κ1) is 16.5. The van der Waals surface area contributed by atoms with Crippen molar-refractivity contribution in [2.75, 3.05) is 13.1 Å². The van der Waals surface area contributed by atoms with Crippen molar-refractivity contribution < 1.29 is 14.7 Å². The lowest BCUT2D eigenvalue weighted by Crippen LogP contribution is -2.51. The summed E-state index contributed by atoms with van der Waals surface area (Å²) in [5, 5.41) is 12.0. The second-order valence-corrected chi connectivity index (χ2v) is 6.39. The van der Waals surface area contributed by atoms with Crippen LogP contribution in [0.3, 0.4) is 0 Å². The summed E-state index contributed by atoms with van der Waals surface area (Å²) in [4.78, 5) is 25.0. The Hall–Kier alpha value is -1.52. The van der Waals surface area contributed by atoms with Crippen LogP contribution in [-0.2, 0) is 4.79 Å². The molecule has 114 valence electrons. The van der Waals surface area contributed by atoms with Gasteiger partial charge in [0, 0.05) is 18.6 Å². The van der Waals surface area contributed by atoms with Crippen LogP contribution in [0.5, 0.6) is 0 Å². The van der Waals surface area contributed by atoms with E-state index in [-0.39, 0.29) is 23.4 Å². The van der Waals surface area contributed by atoms with Gasteiger partial charge in [0.15, 0.2) is 0 Å². The van der Waals surface area contributed by atoms with Gasteiger partial charge in [0.1, 0.15) is 0 Å². The van der Waals surface area contributed by atoms with E-state index in [1.165, 1.54) is 0 Å². The van der Waals surface area contributed by atoms with E-state index >= 15 is 0 Å². The van der Waals surface area contributed by atoms with Gasteiger partial charge >= 0.3 is 12.0 Å². The van der Waals surface area contributed by atoms with Gasteiger partial charge in [-0.15, -0.1) is 6.58 Å². The molecule has 0 spiro atoms. The highest BCUT2D eigenvalue weighted by atomic mass is 16.4. The van der Waals surface area contributed by atoms with Crippen molar-refractivity contribution in [2.24, 2.45) is 11.8 Å². The average molecular weight is 282 g/mol. The second kappa shape index (κ2) is 6.77. The standard InChI is InChI=1S/C15H26N2O3/c1-5-9-17(15(2,3)4)14(20)16-10-11-7-6-8-12(11)13(18)19/h5,11-12H,1,6-10H2,2-4H3,(H,16,20)(H,18,19). The van der Waals surface area contributed by atoms with Gasteiger partial charge in [-0.3, -0.25) is 4.79 Å². The zero-order valence-electron chi connectivity index (χ0n) is 12.7. The Balaban J connectivity index is 2.57. The molecule has 5 heteroatoms. The van der Waals surface area contributed by atoms with Gasteiger partial charge in [-0.05, 0) is 39.5 Å². The summed E-state index contributed by atoms with van der Waals surface area (Å²) >= 11 is 0. The topological polar surface area (TPSA) is 69.6 Å². The Labute approximate surface area is 121 Å². The Morgan fingerprint density at radius 2 is 2.05 bits per heavy atom. The molecule has 2 atom stereocenters. The maximum atomic E-state index is 12.2. The van der Waals surface area contributed by atoms with E-state index in [9.17, 15) is 9.59 Å². The van der Waals surface area contributed by atoms with E-state index in [0.29, 0.717) is 19.5 Å². The predicted octanol–water partition coefficient (Wildman–Crippen LogP) is 2.48. The smallest absolute Gasteiger partial charge is 0.318 e. The molecule has 0 aliphatic heterocycles. The number of aliphatic carboxylic acids is 1. The molecule has 0 aromatic heterocycles. The Bertz CT molecular complexity index is 374. The van der Waals surface area contributed by atoms with E-state index in [4.69, 9.17) is 5.11 Å². The molecule has 2 N–H and O–H groups in total. The highest BCUT2D eigenvalue weighted by Crippen LogP contribution is 2.31. The second-order valence-electron chi connectivity index (χ2n) is 6.39. The third kappa shape index (κ3) is 4.25. The summed E-state index contributed by atoms with van der Waals surface area (Å²) < 4.78 is 0. The summed E-state index contributed by atoms with van der Waals surface area (Å²) in [5.41, 5.74) is -0.292. The molecule has 0 saturated heterocycles. The van der Waals surface area contributed by atoms with Crippen LogP contribution in [0.15, 0.2) is 12.7 Å². The van der Waals surface area contributed by atoms with Gasteiger partial charge in [-0.1, -0.05) is 12.5 Å². The van der Waals surface area contributed by atoms with E-state index in [2.05, 4.69) is 11.9 Å². The van der Waals surface area contributed by atoms with Gasteiger partial charge in [0.05, 0.1) is 5.92 Å². The number of carboxylic acids is 1. The minimum Gasteiger partial charge on any atom is -0.481 e. The Morgan fingerprint density at radius 1 is 1.40 bits per heavy atom. The first-order chi connectivity index (χ1) is 9.27. The SMILES string of the molecule is C=CCN(C(=O)NCC1CCCC1C(=O)O)C(C)(C)C. The summed E-state index contributed by atoms with van der Waals surface area (Å²) in [5.74, 6) is -1.03. The number of urea groups is 1. The predicted molar refractivity (Wildman–Crippen MR) is 78.5 cm³/mol. The van der Waals surface area contributed by atoms with Crippen LogP contribution in [0.1, 0.15) is 40.0 Å². The molecule has 0 heterocycles. The molecule has 1 saturated carbocycles. The summed E-state index contributed by atoms with van der Waals surface area (Å²) in [6.45, 7) is 10.5. The van der Waals surface area contributed by atoms with E-state index in [1.807, 2.05) is 20.8 Å². The number of nitrogens with one attached hydrogen (secondary N) is 1. The summed E-state index contributed by atoms with van der Waals surface area (Å²) in [6.07, 6.45) is 4.20. The van der Waals surface area contributed by atoms with Crippen LogP contribution in [-0.4, -0.2) is 40.6 Å². The molecular weight excluding hydrogens is 256 g/mol. The third-order valence-corrected chi connectivity index (χ3v) is 3.86. The summed E-state index contributed by atoms with van der Waals surface area (Å²) in [7, 11) is 0.